The summed E-state index contributed by atoms with van der Waals surface area (Å²) in [5.41, 5.74) is 5.99. The maximum Gasteiger partial charge on any atom is 0.142 e. The fourth-order valence-corrected chi connectivity index (χ4v) is 1.14. The van der Waals surface area contributed by atoms with Gasteiger partial charge in [0.05, 0.1) is 5.02 Å². The van der Waals surface area contributed by atoms with E-state index in [1.807, 2.05) is 6.08 Å². The van der Waals surface area contributed by atoms with Gasteiger partial charge in [-0.05, 0) is 24.6 Å². The van der Waals surface area contributed by atoms with E-state index in [2.05, 4.69) is 0 Å². The largest absolute Gasteiger partial charge is 0.330 e. The highest BCUT2D eigenvalue weighted by Gasteiger charge is 2.01. The SMILES string of the molecule is NCCC=Cc1cccc(F)c1Cl. The maximum absolute atomic E-state index is 12.9. The average molecular weight is 200 g/mol. The molecule has 0 heterocycles. The van der Waals surface area contributed by atoms with Crippen molar-refractivity contribution in [1.82, 2.24) is 0 Å². The van der Waals surface area contributed by atoms with Crippen LogP contribution in [0.2, 0.25) is 5.02 Å². The third-order valence-corrected chi connectivity index (χ3v) is 2.01. The minimum absolute atomic E-state index is 0.163. The highest BCUT2D eigenvalue weighted by molar-refractivity contribution is 6.32. The van der Waals surface area contributed by atoms with E-state index in [9.17, 15) is 4.39 Å². The summed E-state index contributed by atoms with van der Waals surface area (Å²) < 4.78 is 12.9. The lowest BCUT2D eigenvalue weighted by atomic mass is 10.2. The molecule has 0 aliphatic heterocycles. The summed E-state index contributed by atoms with van der Waals surface area (Å²) in [6.07, 6.45) is 4.42. The quantitative estimate of drug-likeness (QED) is 0.796. The Balaban J connectivity index is 2.83. The van der Waals surface area contributed by atoms with Crippen LogP contribution in [0.3, 0.4) is 0 Å². The highest BCUT2D eigenvalue weighted by Crippen LogP contribution is 2.20. The normalized spacial score (nSPS) is 11.0. The number of nitrogens with two attached hydrogens (primary N) is 1. The van der Waals surface area contributed by atoms with Crippen LogP contribution in [0.5, 0.6) is 0 Å². The van der Waals surface area contributed by atoms with E-state index < -0.39 is 5.82 Å². The van der Waals surface area contributed by atoms with Crippen LogP contribution in [0.15, 0.2) is 24.3 Å². The van der Waals surface area contributed by atoms with Gasteiger partial charge in [-0.1, -0.05) is 35.9 Å². The molecule has 0 saturated carbocycles. The van der Waals surface area contributed by atoms with Crippen molar-refractivity contribution in [2.45, 2.75) is 6.42 Å². The third kappa shape index (κ3) is 2.83. The Bertz CT molecular complexity index is 310. The molecule has 0 fully saturated rings. The molecule has 0 saturated heterocycles. The molecule has 0 aliphatic carbocycles. The summed E-state index contributed by atoms with van der Waals surface area (Å²) in [7, 11) is 0. The standard InChI is InChI=1S/C10H11ClFN/c11-10-8(4-1-2-7-13)5-3-6-9(10)12/h1,3-6H,2,7,13H2. The Morgan fingerprint density at radius 1 is 1.46 bits per heavy atom. The lowest BCUT2D eigenvalue weighted by Crippen LogP contribution is -1.95. The second-order valence-corrected chi connectivity index (χ2v) is 3.00. The first-order chi connectivity index (χ1) is 6.25. The molecule has 1 aromatic carbocycles. The molecule has 0 unspecified atom stereocenters. The zero-order chi connectivity index (χ0) is 9.68. The number of benzene rings is 1. The Labute approximate surface area is 82.0 Å². The van der Waals surface area contributed by atoms with Crippen molar-refractivity contribution >= 4 is 17.7 Å². The zero-order valence-electron chi connectivity index (χ0n) is 7.13. The molecule has 1 aromatic rings. The van der Waals surface area contributed by atoms with Gasteiger partial charge in [-0.3, -0.25) is 0 Å². The van der Waals surface area contributed by atoms with Gasteiger partial charge in [0.25, 0.3) is 0 Å². The molecular formula is C10H11ClFN. The molecule has 70 valence electrons. The molecule has 1 nitrogen and oxygen atoms in total. The van der Waals surface area contributed by atoms with Crippen LogP contribution in [-0.2, 0) is 0 Å². The van der Waals surface area contributed by atoms with Crippen LogP contribution in [0.4, 0.5) is 4.39 Å². The predicted octanol–water partition coefficient (Wildman–Crippen LogP) is 2.84. The second kappa shape index (κ2) is 5.00. The summed E-state index contributed by atoms with van der Waals surface area (Å²) >= 11 is 5.71. The molecule has 13 heavy (non-hydrogen) atoms. The Morgan fingerprint density at radius 2 is 2.23 bits per heavy atom. The Hall–Kier alpha value is -0.860. The minimum Gasteiger partial charge on any atom is -0.330 e. The van der Waals surface area contributed by atoms with Gasteiger partial charge in [0.1, 0.15) is 5.82 Å². The molecule has 0 aliphatic rings. The fraction of sp³-hybridized carbons (Fsp3) is 0.200. The van der Waals surface area contributed by atoms with Crippen molar-refractivity contribution < 1.29 is 4.39 Å². The van der Waals surface area contributed by atoms with E-state index in [4.69, 9.17) is 17.3 Å². The summed E-state index contributed by atoms with van der Waals surface area (Å²) in [5, 5.41) is 0.163. The van der Waals surface area contributed by atoms with Gasteiger partial charge < -0.3 is 5.73 Å². The van der Waals surface area contributed by atoms with Crippen LogP contribution in [-0.4, -0.2) is 6.54 Å². The molecule has 0 spiro atoms. The number of rotatable bonds is 3. The second-order valence-electron chi connectivity index (χ2n) is 2.62. The van der Waals surface area contributed by atoms with Gasteiger partial charge in [0.15, 0.2) is 0 Å². The molecule has 0 bridgehead atoms. The highest BCUT2D eigenvalue weighted by atomic mass is 35.5. The van der Waals surface area contributed by atoms with Gasteiger partial charge in [0, 0.05) is 0 Å². The lowest BCUT2D eigenvalue weighted by Gasteiger charge is -1.98. The average Bonchev–Trinajstić information content (AvgIpc) is 2.13. The lowest BCUT2D eigenvalue weighted by molar-refractivity contribution is 0.628. The minimum atomic E-state index is -0.392. The first-order valence-corrected chi connectivity index (χ1v) is 4.44. The number of hydrogen-bond acceptors (Lipinski definition) is 1. The van der Waals surface area contributed by atoms with Crippen LogP contribution in [0.1, 0.15) is 12.0 Å². The third-order valence-electron chi connectivity index (χ3n) is 1.61. The fourth-order valence-electron chi connectivity index (χ4n) is 0.956. The van der Waals surface area contributed by atoms with Gasteiger partial charge in [0.2, 0.25) is 0 Å². The Kier molecular flexibility index (Phi) is 3.93. The van der Waals surface area contributed by atoms with Gasteiger partial charge in [-0.25, -0.2) is 4.39 Å². The van der Waals surface area contributed by atoms with E-state index in [0.717, 1.165) is 6.42 Å². The topological polar surface area (TPSA) is 26.0 Å². The summed E-state index contributed by atoms with van der Waals surface area (Å²) in [6, 6.07) is 4.73. The van der Waals surface area contributed by atoms with E-state index in [1.165, 1.54) is 6.07 Å². The molecule has 3 heteroatoms. The molecular weight excluding hydrogens is 189 g/mol. The summed E-state index contributed by atoms with van der Waals surface area (Å²) in [5.74, 6) is -0.392. The van der Waals surface area contributed by atoms with Crippen molar-refractivity contribution in [1.29, 1.82) is 0 Å². The van der Waals surface area contributed by atoms with Gasteiger partial charge in [-0.2, -0.15) is 0 Å². The van der Waals surface area contributed by atoms with Crippen molar-refractivity contribution in [2.24, 2.45) is 5.73 Å². The number of hydrogen-bond donors (Lipinski definition) is 1. The smallest absolute Gasteiger partial charge is 0.142 e. The van der Waals surface area contributed by atoms with E-state index in [1.54, 1.807) is 18.2 Å². The molecule has 0 radical (unpaired) electrons. The van der Waals surface area contributed by atoms with E-state index in [-0.39, 0.29) is 5.02 Å². The van der Waals surface area contributed by atoms with Crippen LogP contribution >= 0.6 is 11.6 Å². The van der Waals surface area contributed by atoms with Crippen molar-refractivity contribution in [3.8, 4) is 0 Å². The predicted molar refractivity (Wildman–Crippen MR) is 54.1 cm³/mol. The monoisotopic (exact) mass is 199 g/mol. The van der Waals surface area contributed by atoms with E-state index >= 15 is 0 Å². The first-order valence-electron chi connectivity index (χ1n) is 4.06. The molecule has 0 atom stereocenters. The summed E-state index contributed by atoms with van der Waals surface area (Å²) in [4.78, 5) is 0. The summed E-state index contributed by atoms with van der Waals surface area (Å²) in [6.45, 7) is 0.587. The molecule has 0 aromatic heterocycles. The molecule has 0 amide bonds. The van der Waals surface area contributed by atoms with Crippen LogP contribution < -0.4 is 5.73 Å². The van der Waals surface area contributed by atoms with Crippen LogP contribution in [0, 0.1) is 5.82 Å². The zero-order valence-corrected chi connectivity index (χ0v) is 7.89. The van der Waals surface area contributed by atoms with Crippen molar-refractivity contribution in [3.63, 3.8) is 0 Å². The maximum atomic E-state index is 12.9. The Morgan fingerprint density at radius 3 is 2.92 bits per heavy atom. The van der Waals surface area contributed by atoms with Gasteiger partial charge in [-0.15, -0.1) is 0 Å². The molecule has 2 N–H and O–H groups in total. The first kappa shape index (κ1) is 10.2. The van der Waals surface area contributed by atoms with Crippen LogP contribution in [0.25, 0.3) is 6.08 Å². The van der Waals surface area contributed by atoms with Crippen molar-refractivity contribution in [3.05, 3.63) is 40.7 Å². The van der Waals surface area contributed by atoms with Crippen molar-refractivity contribution in [2.75, 3.05) is 6.54 Å². The van der Waals surface area contributed by atoms with E-state index in [0.29, 0.717) is 12.1 Å². The molecule has 1 rings (SSSR count). The number of halogens is 2. The van der Waals surface area contributed by atoms with Gasteiger partial charge >= 0.3 is 0 Å².